The topological polar surface area (TPSA) is 81.1 Å². The Balaban J connectivity index is 1.89. The Bertz CT molecular complexity index is 323. The lowest BCUT2D eigenvalue weighted by atomic mass is 9.91. The van der Waals surface area contributed by atoms with E-state index in [1.807, 2.05) is 0 Å². The van der Waals surface area contributed by atoms with E-state index in [-0.39, 0.29) is 18.0 Å². The molecule has 1 aromatic heterocycles. The third-order valence-corrected chi connectivity index (χ3v) is 2.72. The van der Waals surface area contributed by atoms with Crippen LogP contribution in [0.1, 0.15) is 36.2 Å². The number of nitrogens with two attached hydrogens (primary N) is 1. The highest BCUT2D eigenvalue weighted by atomic mass is 16.5. The zero-order valence-electron chi connectivity index (χ0n) is 8.48. The maximum atomic E-state index is 11.6. The molecule has 0 saturated heterocycles. The molecule has 5 heteroatoms. The number of amides is 1. The van der Waals surface area contributed by atoms with Crippen LogP contribution in [0.3, 0.4) is 0 Å². The van der Waals surface area contributed by atoms with E-state index in [9.17, 15) is 4.79 Å². The van der Waals surface area contributed by atoms with Crippen molar-refractivity contribution in [3.05, 3.63) is 18.0 Å². The normalized spacial score (nSPS) is 26.2. The number of aromatic nitrogens is 1. The van der Waals surface area contributed by atoms with Crippen LogP contribution in [0.15, 0.2) is 16.9 Å². The Morgan fingerprint density at radius 3 is 3.13 bits per heavy atom. The molecular formula is C10H15N3O2. The first-order valence-corrected chi connectivity index (χ1v) is 5.22. The lowest BCUT2D eigenvalue weighted by Gasteiger charge is -2.26. The summed E-state index contributed by atoms with van der Waals surface area (Å²) >= 11 is 0. The molecule has 1 heterocycles. The molecule has 2 rings (SSSR count). The summed E-state index contributed by atoms with van der Waals surface area (Å²) in [5, 5.41) is 6.49. The van der Waals surface area contributed by atoms with Gasteiger partial charge >= 0.3 is 0 Å². The summed E-state index contributed by atoms with van der Waals surface area (Å²) < 4.78 is 4.61. The van der Waals surface area contributed by atoms with Crippen molar-refractivity contribution >= 4 is 5.91 Å². The maximum Gasteiger partial charge on any atom is 0.273 e. The number of nitrogens with zero attached hydrogens (tertiary/aromatic N) is 1. The van der Waals surface area contributed by atoms with E-state index in [0.717, 1.165) is 25.7 Å². The van der Waals surface area contributed by atoms with Crippen LogP contribution in [0.2, 0.25) is 0 Å². The van der Waals surface area contributed by atoms with Crippen molar-refractivity contribution in [1.29, 1.82) is 0 Å². The quantitative estimate of drug-likeness (QED) is 0.750. The number of nitrogens with one attached hydrogen (secondary N) is 1. The van der Waals surface area contributed by atoms with Crippen molar-refractivity contribution in [2.75, 3.05) is 0 Å². The first kappa shape index (κ1) is 10.2. The zero-order valence-corrected chi connectivity index (χ0v) is 8.48. The summed E-state index contributed by atoms with van der Waals surface area (Å²) in [6.45, 7) is 0. The summed E-state index contributed by atoms with van der Waals surface area (Å²) in [6, 6.07) is 1.94. The summed E-state index contributed by atoms with van der Waals surface area (Å²) in [5.74, 6) is -0.178. The molecule has 0 aromatic carbocycles. The third-order valence-electron chi connectivity index (χ3n) is 2.72. The van der Waals surface area contributed by atoms with E-state index >= 15 is 0 Å². The van der Waals surface area contributed by atoms with Crippen LogP contribution in [0, 0.1) is 0 Å². The lowest BCUT2D eigenvalue weighted by Crippen LogP contribution is -2.42. The van der Waals surface area contributed by atoms with Crippen LogP contribution in [-0.2, 0) is 0 Å². The molecule has 0 spiro atoms. The molecule has 3 N–H and O–H groups in total. The van der Waals surface area contributed by atoms with E-state index in [1.54, 1.807) is 6.07 Å². The Kier molecular flexibility index (Phi) is 3.01. The molecule has 1 aliphatic rings. The third kappa shape index (κ3) is 2.56. The van der Waals surface area contributed by atoms with E-state index in [1.165, 1.54) is 6.26 Å². The van der Waals surface area contributed by atoms with Crippen molar-refractivity contribution in [2.24, 2.45) is 5.73 Å². The highest BCUT2D eigenvalue weighted by molar-refractivity contribution is 5.92. The van der Waals surface area contributed by atoms with E-state index in [0.29, 0.717) is 5.69 Å². The van der Waals surface area contributed by atoms with Crippen LogP contribution in [-0.4, -0.2) is 23.1 Å². The molecule has 15 heavy (non-hydrogen) atoms. The molecule has 0 aliphatic heterocycles. The molecular weight excluding hydrogens is 194 g/mol. The van der Waals surface area contributed by atoms with Crippen LogP contribution in [0.25, 0.3) is 0 Å². The second-order valence-corrected chi connectivity index (χ2v) is 3.98. The predicted molar refractivity (Wildman–Crippen MR) is 54.2 cm³/mol. The van der Waals surface area contributed by atoms with Gasteiger partial charge in [-0.15, -0.1) is 0 Å². The van der Waals surface area contributed by atoms with Gasteiger partial charge in [-0.25, -0.2) is 0 Å². The van der Waals surface area contributed by atoms with Gasteiger partial charge in [-0.05, 0) is 25.7 Å². The van der Waals surface area contributed by atoms with Gasteiger partial charge in [0.05, 0.1) is 0 Å². The molecule has 5 nitrogen and oxygen atoms in total. The number of carbonyl (C=O) groups is 1. The van der Waals surface area contributed by atoms with Crippen LogP contribution in [0.4, 0.5) is 0 Å². The molecule has 1 saturated carbocycles. The first-order chi connectivity index (χ1) is 7.25. The lowest BCUT2D eigenvalue weighted by molar-refractivity contribution is 0.0916. The Morgan fingerprint density at radius 2 is 2.47 bits per heavy atom. The summed E-state index contributed by atoms with van der Waals surface area (Å²) in [4.78, 5) is 11.6. The van der Waals surface area contributed by atoms with Crippen LogP contribution < -0.4 is 11.1 Å². The van der Waals surface area contributed by atoms with E-state index < -0.39 is 0 Å². The minimum absolute atomic E-state index is 0.178. The van der Waals surface area contributed by atoms with Gasteiger partial charge in [-0.2, -0.15) is 0 Å². The fourth-order valence-electron chi connectivity index (χ4n) is 1.95. The number of hydrogen-bond donors (Lipinski definition) is 2. The number of hydrogen-bond acceptors (Lipinski definition) is 4. The van der Waals surface area contributed by atoms with Crippen molar-refractivity contribution in [3.8, 4) is 0 Å². The molecule has 0 radical (unpaired) electrons. The van der Waals surface area contributed by atoms with E-state index in [4.69, 9.17) is 5.73 Å². The number of rotatable bonds is 2. The van der Waals surface area contributed by atoms with E-state index in [2.05, 4.69) is 15.0 Å². The largest absolute Gasteiger partial charge is 0.364 e. The monoisotopic (exact) mass is 209 g/mol. The Labute approximate surface area is 88.0 Å². The summed E-state index contributed by atoms with van der Waals surface area (Å²) in [6.07, 6.45) is 5.36. The zero-order chi connectivity index (χ0) is 10.7. The second-order valence-electron chi connectivity index (χ2n) is 3.98. The summed E-state index contributed by atoms with van der Waals surface area (Å²) in [5.41, 5.74) is 6.16. The highest BCUT2D eigenvalue weighted by Gasteiger charge is 2.21. The molecule has 2 atom stereocenters. The molecule has 1 fully saturated rings. The van der Waals surface area contributed by atoms with Crippen LogP contribution in [0.5, 0.6) is 0 Å². The summed E-state index contributed by atoms with van der Waals surface area (Å²) in [7, 11) is 0. The molecule has 2 unspecified atom stereocenters. The molecule has 1 aromatic rings. The number of carbonyl (C=O) groups excluding carboxylic acids is 1. The molecule has 0 bridgehead atoms. The SMILES string of the molecule is NC1CCCC(NC(=O)c2ccon2)C1. The van der Waals surface area contributed by atoms with Gasteiger partial charge < -0.3 is 15.6 Å². The van der Waals surface area contributed by atoms with Crippen LogP contribution >= 0.6 is 0 Å². The van der Waals surface area contributed by atoms with Gasteiger partial charge in [0.25, 0.3) is 5.91 Å². The van der Waals surface area contributed by atoms with Gasteiger partial charge in [-0.3, -0.25) is 4.79 Å². The molecule has 82 valence electrons. The van der Waals surface area contributed by atoms with Crippen molar-refractivity contribution in [1.82, 2.24) is 10.5 Å². The average Bonchev–Trinajstić information content (AvgIpc) is 2.70. The smallest absolute Gasteiger partial charge is 0.273 e. The van der Waals surface area contributed by atoms with Gasteiger partial charge in [0.2, 0.25) is 0 Å². The van der Waals surface area contributed by atoms with Gasteiger partial charge in [-0.1, -0.05) is 5.16 Å². The minimum atomic E-state index is -0.178. The van der Waals surface area contributed by atoms with Gasteiger partial charge in [0.1, 0.15) is 6.26 Å². The van der Waals surface area contributed by atoms with Crippen molar-refractivity contribution in [3.63, 3.8) is 0 Å². The highest BCUT2D eigenvalue weighted by Crippen LogP contribution is 2.17. The van der Waals surface area contributed by atoms with Crippen molar-refractivity contribution < 1.29 is 9.32 Å². The fraction of sp³-hybridized carbons (Fsp3) is 0.600. The predicted octanol–water partition coefficient (Wildman–Crippen LogP) is 0.674. The first-order valence-electron chi connectivity index (χ1n) is 5.22. The Morgan fingerprint density at radius 1 is 1.60 bits per heavy atom. The second kappa shape index (κ2) is 4.44. The maximum absolute atomic E-state index is 11.6. The van der Waals surface area contributed by atoms with Gasteiger partial charge in [0, 0.05) is 18.2 Å². The molecule has 1 amide bonds. The Hall–Kier alpha value is -1.36. The molecule has 1 aliphatic carbocycles. The fourth-order valence-corrected chi connectivity index (χ4v) is 1.95. The van der Waals surface area contributed by atoms with Crippen molar-refractivity contribution in [2.45, 2.75) is 37.8 Å². The standard InChI is InChI=1S/C10H15N3O2/c11-7-2-1-3-8(6-7)12-10(14)9-4-5-15-13-9/h4-5,7-8H,1-3,6,11H2,(H,12,14). The minimum Gasteiger partial charge on any atom is -0.364 e. The van der Waals surface area contributed by atoms with Gasteiger partial charge in [0.15, 0.2) is 5.69 Å². The average molecular weight is 209 g/mol.